The molecule has 2 aromatic carbocycles. The third-order valence-corrected chi connectivity index (χ3v) is 6.82. The highest BCUT2D eigenvalue weighted by atomic mass is 32.2. The molecule has 2 aromatic rings. The van der Waals surface area contributed by atoms with Gasteiger partial charge in [0.1, 0.15) is 0 Å². The summed E-state index contributed by atoms with van der Waals surface area (Å²) in [5.41, 5.74) is 2.80. The van der Waals surface area contributed by atoms with E-state index in [4.69, 9.17) is 9.47 Å². The quantitative estimate of drug-likeness (QED) is 0.702. The number of carbonyl (C=O) groups is 2. The van der Waals surface area contributed by atoms with Crippen LogP contribution < -0.4 is 5.32 Å². The fraction of sp³-hybridized carbons (Fsp3) is 0.333. The third-order valence-electron chi connectivity index (χ3n) is 4.91. The molecule has 3 rings (SSSR count). The van der Waals surface area contributed by atoms with Gasteiger partial charge in [0.25, 0.3) is 5.91 Å². The summed E-state index contributed by atoms with van der Waals surface area (Å²) in [7, 11) is -3.64. The number of aryl methyl sites for hydroxylation is 1. The van der Waals surface area contributed by atoms with Gasteiger partial charge in [-0.05, 0) is 55.3 Å². The largest absolute Gasteiger partial charge is 0.452 e. The molecule has 0 radical (unpaired) electrons. The monoisotopic (exact) mass is 432 g/mol. The molecule has 0 bridgehead atoms. The molecule has 0 saturated carbocycles. The molecule has 1 heterocycles. The summed E-state index contributed by atoms with van der Waals surface area (Å²) in [5, 5.41) is 2.71. The fourth-order valence-corrected chi connectivity index (χ4v) is 4.39. The van der Waals surface area contributed by atoms with Crippen molar-refractivity contribution >= 4 is 27.6 Å². The minimum atomic E-state index is -3.64. The number of esters is 1. The maximum absolute atomic E-state index is 12.6. The maximum atomic E-state index is 12.6. The molecule has 9 heteroatoms. The number of morpholine rings is 1. The molecule has 1 N–H and O–H groups in total. The third kappa shape index (κ3) is 5.05. The molecule has 30 heavy (non-hydrogen) atoms. The number of rotatable bonds is 6. The van der Waals surface area contributed by atoms with Gasteiger partial charge in [-0.2, -0.15) is 4.31 Å². The number of amides is 1. The van der Waals surface area contributed by atoms with Gasteiger partial charge in [0.2, 0.25) is 10.0 Å². The Labute approximate surface area is 175 Å². The lowest BCUT2D eigenvalue weighted by Crippen LogP contribution is -2.40. The van der Waals surface area contributed by atoms with Crippen LogP contribution in [0.4, 0.5) is 5.69 Å². The van der Waals surface area contributed by atoms with Crippen LogP contribution in [0.1, 0.15) is 21.5 Å². The Bertz CT molecular complexity index is 1030. The fourth-order valence-electron chi connectivity index (χ4n) is 2.99. The van der Waals surface area contributed by atoms with E-state index in [0.717, 1.165) is 11.1 Å². The van der Waals surface area contributed by atoms with Gasteiger partial charge in [-0.3, -0.25) is 4.79 Å². The van der Waals surface area contributed by atoms with E-state index in [9.17, 15) is 18.0 Å². The Morgan fingerprint density at radius 1 is 1.07 bits per heavy atom. The van der Waals surface area contributed by atoms with Gasteiger partial charge in [-0.15, -0.1) is 0 Å². The van der Waals surface area contributed by atoms with Gasteiger partial charge < -0.3 is 14.8 Å². The Morgan fingerprint density at radius 3 is 2.40 bits per heavy atom. The number of hydrogen-bond donors (Lipinski definition) is 1. The number of carbonyl (C=O) groups excluding carboxylic acids is 2. The van der Waals surface area contributed by atoms with Gasteiger partial charge in [0.05, 0.1) is 23.7 Å². The van der Waals surface area contributed by atoms with Crippen LogP contribution in [-0.4, -0.2) is 57.5 Å². The van der Waals surface area contributed by atoms with Crippen molar-refractivity contribution in [3.8, 4) is 0 Å². The number of benzene rings is 2. The first-order chi connectivity index (χ1) is 14.3. The van der Waals surface area contributed by atoms with Crippen LogP contribution in [-0.2, 0) is 24.3 Å². The second kappa shape index (κ2) is 9.38. The smallest absolute Gasteiger partial charge is 0.338 e. The Hall–Kier alpha value is -2.75. The van der Waals surface area contributed by atoms with Crippen LogP contribution in [0.2, 0.25) is 0 Å². The summed E-state index contributed by atoms with van der Waals surface area (Å²) in [6, 6.07) is 11.0. The molecular weight excluding hydrogens is 408 g/mol. The van der Waals surface area contributed by atoms with Crippen LogP contribution in [0.3, 0.4) is 0 Å². The summed E-state index contributed by atoms with van der Waals surface area (Å²) >= 11 is 0. The zero-order valence-electron chi connectivity index (χ0n) is 16.9. The minimum absolute atomic E-state index is 0.0913. The predicted molar refractivity (Wildman–Crippen MR) is 111 cm³/mol. The standard InChI is InChI=1S/C21H24N2O6S/c1-15-4-3-5-19(16(15)2)22-20(24)14-29-21(25)17-6-8-18(9-7-17)30(26,27)23-10-12-28-13-11-23/h3-9H,10-14H2,1-2H3,(H,22,24). The lowest BCUT2D eigenvalue weighted by molar-refractivity contribution is -0.119. The molecule has 0 aliphatic carbocycles. The van der Waals surface area contributed by atoms with E-state index in [1.807, 2.05) is 26.0 Å². The van der Waals surface area contributed by atoms with Crippen molar-refractivity contribution in [1.29, 1.82) is 0 Å². The predicted octanol–water partition coefficient (Wildman–Crippen LogP) is 2.12. The van der Waals surface area contributed by atoms with E-state index in [-0.39, 0.29) is 10.5 Å². The molecule has 0 unspecified atom stereocenters. The van der Waals surface area contributed by atoms with E-state index in [0.29, 0.717) is 32.0 Å². The molecule has 1 aliphatic heterocycles. The van der Waals surface area contributed by atoms with Crippen LogP contribution in [0.15, 0.2) is 47.4 Å². The van der Waals surface area contributed by atoms with Gasteiger partial charge in [0, 0.05) is 18.8 Å². The lowest BCUT2D eigenvalue weighted by Gasteiger charge is -2.26. The van der Waals surface area contributed by atoms with Crippen molar-refractivity contribution in [1.82, 2.24) is 4.31 Å². The number of anilines is 1. The highest BCUT2D eigenvalue weighted by molar-refractivity contribution is 7.89. The molecular formula is C21H24N2O6S. The molecule has 8 nitrogen and oxygen atoms in total. The van der Waals surface area contributed by atoms with Crippen LogP contribution >= 0.6 is 0 Å². The maximum Gasteiger partial charge on any atom is 0.338 e. The molecule has 0 aromatic heterocycles. The second-order valence-electron chi connectivity index (χ2n) is 6.91. The molecule has 1 aliphatic rings. The van der Waals surface area contributed by atoms with E-state index in [1.165, 1.54) is 28.6 Å². The van der Waals surface area contributed by atoms with Crippen LogP contribution in [0.5, 0.6) is 0 Å². The van der Waals surface area contributed by atoms with E-state index in [2.05, 4.69) is 5.32 Å². The normalized spacial score (nSPS) is 14.9. The average Bonchev–Trinajstić information content (AvgIpc) is 2.76. The topological polar surface area (TPSA) is 102 Å². The highest BCUT2D eigenvalue weighted by Crippen LogP contribution is 2.19. The number of nitrogens with zero attached hydrogens (tertiary/aromatic N) is 1. The number of sulfonamides is 1. The van der Waals surface area contributed by atoms with E-state index in [1.54, 1.807) is 6.07 Å². The zero-order valence-corrected chi connectivity index (χ0v) is 17.7. The molecule has 1 fully saturated rings. The van der Waals surface area contributed by atoms with Crippen molar-refractivity contribution in [3.05, 3.63) is 59.2 Å². The molecule has 160 valence electrons. The summed E-state index contributed by atoms with van der Waals surface area (Å²) in [6.45, 7) is 4.68. The molecule has 0 spiro atoms. The van der Waals surface area contributed by atoms with Gasteiger partial charge >= 0.3 is 5.97 Å². The Balaban J connectivity index is 1.58. The molecule has 0 atom stereocenters. The van der Waals surface area contributed by atoms with Crippen molar-refractivity contribution in [2.45, 2.75) is 18.7 Å². The number of hydrogen-bond acceptors (Lipinski definition) is 6. The second-order valence-corrected chi connectivity index (χ2v) is 8.85. The average molecular weight is 432 g/mol. The van der Waals surface area contributed by atoms with E-state index < -0.39 is 28.5 Å². The molecule has 1 amide bonds. The number of ether oxygens (including phenoxy) is 2. The minimum Gasteiger partial charge on any atom is -0.452 e. The highest BCUT2D eigenvalue weighted by Gasteiger charge is 2.26. The number of nitrogens with one attached hydrogen (secondary N) is 1. The van der Waals surface area contributed by atoms with Crippen LogP contribution in [0.25, 0.3) is 0 Å². The summed E-state index contributed by atoms with van der Waals surface area (Å²) < 4.78 is 36.8. The van der Waals surface area contributed by atoms with Crippen molar-refractivity contribution in [2.24, 2.45) is 0 Å². The van der Waals surface area contributed by atoms with Crippen molar-refractivity contribution < 1.29 is 27.5 Å². The Kier molecular flexibility index (Phi) is 6.86. The molecule has 1 saturated heterocycles. The van der Waals surface area contributed by atoms with Gasteiger partial charge in [-0.1, -0.05) is 12.1 Å². The van der Waals surface area contributed by atoms with Crippen LogP contribution in [0, 0.1) is 13.8 Å². The van der Waals surface area contributed by atoms with Gasteiger partial charge in [-0.25, -0.2) is 13.2 Å². The first kappa shape index (κ1) is 21.9. The Morgan fingerprint density at radius 2 is 1.73 bits per heavy atom. The first-order valence-corrected chi connectivity index (χ1v) is 10.9. The van der Waals surface area contributed by atoms with Gasteiger partial charge in [0.15, 0.2) is 6.61 Å². The van der Waals surface area contributed by atoms with Crippen molar-refractivity contribution in [3.63, 3.8) is 0 Å². The zero-order chi connectivity index (χ0) is 21.7. The summed E-state index contributed by atoms with van der Waals surface area (Å²) in [6.07, 6.45) is 0. The summed E-state index contributed by atoms with van der Waals surface area (Å²) in [4.78, 5) is 24.4. The SMILES string of the molecule is Cc1cccc(NC(=O)COC(=O)c2ccc(S(=O)(=O)N3CCOCC3)cc2)c1C. The van der Waals surface area contributed by atoms with E-state index >= 15 is 0 Å². The summed E-state index contributed by atoms with van der Waals surface area (Å²) in [5.74, 6) is -1.16. The lowest BCUT2D eigenvalue weighted by atomic mass is 10.1. The first-order valence-electron chi connectivity index (χ1n) is 9.50. The van der Waals surface area contributed by atoms with Crippen molar-refractivity contribution in [2.75, 3.05) is 38.2 Å².